The maximum absolute atomic E-state index is 12.5. The first kappa shape index (κ1) is 15.2. The summed E-state index contributed by atoms with van der Waals surface area (Å²) in [6, 6.07) is 2.10. The van der Waals surface area contributed by atoms with Crippen molar-refractivity contribution in [2.24, 2.45) is 0 Å². The zero-order valence-electron chi connectivity index (χ0n) is 11.7. The van der Waals surface area contributed by atoms with Gasteiger partial charge in [-0.15, -0.1) is 17.9 Å². The molecule has 0 bridgehead atoms. The molecular weight excluding hydrogens is 326 g/mol. The molecule has 2 fully saturated rings. The summed E-state index contributed by atoms with van der Waals surface area (Å²) in [5.74, 6) is -0.365. The molecule has 118 valence electrons. The van der Waals surface area contributed by atoms with Gasteiger partial charge in [-0.05, 0) is 11.4 Å². The number of thiophene rings is 1. The predicted molar refractivity (Wildman–Crippen MR) is 80.9 cm³/mol. The zero-order chi connectivity index (χ0) is 15.9. The highest BCUT2D eigenvalue weighted by molar-refractivity contribution is 7.91. The van der Waals surface area contributed by atoms with Crippen LogP contribution in [0.3, 0.4) is 0 Å². The molecular formula is C13H15N3O4S2. The first-order valence-electron chi connectivity index (χ1n) is 6.73. The van der Waals surface area contributed by atoms with Gasteiger partial charge in [0.25, 0.3) is 15.9 Å². The van der Waals surface area contributed by atoms with Gasteiger partial charge in [-0.3, -0.25) is 9.69 Å². The van der Waals surface area contributed by atoms with Crippen LogP contribution in [0.2, 0.25) is 0 Å². The summed E-state index contributed by atoms with van der Waals surface area (Å²) in [5.41, 5.74) is 0. The van der Waals surface area contributed by atoms with Gasteiger partial charge in [0.2, 0.25) is 0 Å². The van der Waals surface area contributed by atoms with Crippen LogP contribution in [-0.4, -0.2) is 66.7 Å². The Bertz CT molecular complexity index is 714. The van der Waals surface area contributed by atoms with E-state index in [1.54, 1.807) is 11.4 Å². The Balaban J connectivity index is 1.84. The van der Waals surface area contributed by atoms with E-state index in [9.17, 15) is 18.0 Å². The van der Waals surface area contributed by atoms with E-state index in [1.807, 2.05) is 0 Å². The lowest BCUT2D eigenvalue weighted by Crippen LogP contribution is -2.54. The Morgan fingerprint density at radius 2 is 2.14 bits per heavy atom. The summed E-state index contributed by atoms with van der Waals surface area (Å²) in [4.78, 5) is 27.0. The summed E-state index contributed by atoms with van der Waals surface area (Å²) in [6.45, 7) is 4.08. The third-order valence-corrected chi connectivity index (χ3v) is 7.01. The molecule has 1 unspecified atom stereocenters. The number of nitrogens with zero attached hydrogens (tertiary/aromatic N) is 3. The van der Waals surface area contributed by atoms with E-state index >= 15 is 0 Å². The number of imide groups is 1. The quantitative estimate of drug-likeness (QED) is 0.593. The van der Waals surface area contributed by atoms with Crippen molar-refractivity contribution in [1.82, 2.24) is 14.1 Å². The molecule has 0 aliphatic carbocycles. The molecule has 0 spiro atoms. The molecule has 3 amide bonds. The Hall–Kier alpha value is -1.71. The van der Waals surface area contributed by atoms with Crippen molar-refractivity contribution in [2.75, 3.05) is 26.2 Å². The van der Waals surface area contributed by atoms with Gasteiger partial charge in [-0.2, -0.15) is 4.31 Å². The molecule has 2 aliphatic rings. The molecule has 2 saturated heterocycles. The summed E-state index contributed by atoms with van der Waals surface area (Å²) < 4.78 is 26.6. The Morgan fingerprint density at radius 1 is 1.36 bits per heavy atom. The molecule has 2 aliphatic heterocycles. The van der Waals surface area contributed by atoms with Crippen molar-refractivity contribution in [1.29, 1.82) is 0 Å². The number of hydrogen-bond acceptors (Lipinski definition) is 5. The fourth-order valence-electron chi connectivity index (χ4n) is 2.68. The Labute approximate surface area is 132 Å². The van der Waals surface area contributed by atoms with Gasteiger partial charge in [0.1, 0.15) is 10.3 Å². The molecule has 1 aromatic rings. The lowest BCUT2D eigenvalue weighted by Gasteiger charge is -2.34. The van der Waals surface area contributed by atoms with Crippen LogP contribution in [0.5, 0.6) is 0 Å². The normalized spacial score (nSPS) is 23.0. The number of fused-ring (bicyclic) bond motifs is 1. The van der Waals surface area contributed by atoms with E-state index < -0.39 is 16.1 Å². The minimum atomic E-state index is -3.61. The van der Waals surface area contributed by atoms with E-state index in [1.165, 1.54) is 21.3 Å². The molecule has 3 rings (SSSR count). The highest BCUT2D eigenvalue weighted by Gasteiger charge is 2.49. The number of carbonyl (C=O) groups is 2. The van der Waals surface area contributed by atoms with Gasteiger partial charge in [-0.25, -0.2) is 13.2 Å². The molecule has 1 atom stereocenters. The molecule has 7 nitrogen and oxygen atoms in total. The predicted octanol–water partition coefficient (Wildman–Crippen LogP) is 0.571. The first-order chi connectivity index (χ1) is 10.5. The monoisotopic (exact) mass is 341 g/mol. The number of hydrogen-bond donors (Lipinski definition) is 0. The van der Waals surface area contributed by atoms with Crippen LogP contribution in [0.15, 0.2) is 34.4 Å². The summed E-state index contributed by atoms with van der Waals surface area (Å²) in [7, 11) is -3.61. The van der Waals surface area contributed by atoms with E-state index in [4.69, 9.17) is 0 Å². The summed E-state index contributed by atoms with van der Waals surface area (Å²) >= 11 is 1.14. The number of amides is 3. The first-order valence-corrected chi connectivity index (χ1v) is 9.05. The third-order valence-electron chi connectivity index (χ3n) is 3.77. The number of urea groups is 1. The number of carbonyl (C=O) groups excluding carboxylic acids is 2. The fraction of sp³-hybridized carbons (Fsp3) is 0.385. The maximum atomic E-state index is 12.5. The van der Waals surface area contributed by atoms with Gasteiger partial charge in [0.15, 0.2) is 0 Å². The third kappa shape index (κ3) is 2.25. The van der Waals surface area contributed by atoms with Crippen LogP contribution in [0.1, 0.15) is 0 Å². The van der Waals surface area contributed by atoms with Crippen LogP contribution in [-0.2, 0) is 14.8 Å². The van der Waals surface area contributed by atoms with Gasteiger partial charge < -0.3 is 4.90 Å². The average Bonchev–Trinajstić information content (AvgIpc) is 3.12. The highest BCUT2D eigenvalue weighted by Crippen LogP contribution is 2.27. The second-order valence-corrected chi connectivity index (χ2v) is 8.14. The SMILES string of the molecule is C=CCN1C(=O)C2CN(S(=O)(=O)c3cccs3)CCN2C1=O. The van der Waals surface area contributed by atoms with Crippen LogP contribution >= 0.6 is 11.3 Å². The smallest absolute Gasteiger partial charge is 0.310 e. The van der Waals surface area contributed by atoms with Gasteiger partial charge in [0.05, 0.1) is 0 Å². The Kier molecular flexibility index (Phi) is 3.79. The lowest BCUT2D eigenvalue weighted by atomic mass is 10.2. The average molecular weight is 341 g/mol. The summed E-state index contributed by atoms with van der Waals surface area (Å²) in [5, 5.41) is 1.69. The van der Waals surface area contributed by atoms with Gasteiger partial charge in [0, 0.05) is 26.2 Å². The van der Waals surface area contributed by atoms with Crippen LogP contribution < -0.4 is 0 Å². The van der Waals surface area contributed by atoms with Crippen molar-refractivity contribution < 1.29 is 18.0 Å². The molecule has 0 radical (unpaired) electrons. The van der Waals surface area contributed by atoms with Crippen LogP contribution in [0.4, 0.5) is 4.79 Å². The van der Waals surface area contributed by atoms with Gasteiger partial charge in [-0.1, -0.05) is 12.1 Å². The zero-order valence-corrected chi connectivity index (χ0v) is 13.3. The van der Waals surface area contributed by atoms with Crippen molar-refractivity contribution in [3.05, 3.63) is 30.2 Å². The van der Waals surface area contributed by atoms with Crippen LogP contribution in [0, 0.1) is 0 Å². The molecule has 9 heteroatoms. The minimum Gasteiger partial charge on any atom is -0.310 e. The van der Waals surface area contributed by atoms with Crippen molar-refractivity contribution in [2.45, 2.75) is 10.3 Å². The molecule has 0 N–H and O–H groups in total. The maximum Gasteiger partial charge on any atom is 0.327 e. The molecule has 0 saturated carbocycles. The number of piperazine rings is 1. The molecule has 1 aromatic heterocycles. The molecule has 0 aromatic carbocycles. The molecule has 22 heavy (non-hydrogen) atoms. The second-order valence-electron chi connectivity index (χ2n) is 5.02. The van der Waals surface area contributed by atoms with E-state index in [-0.39, 0.29) is 42.3 Å². The summed E-state index contributed by atoms with van der Waals surface area (Å²) in [6.07, 6.45) is 1.48. The minimum absolute atomic E-state index is 0.00154. The topological polar surface area (TPSA) is 78.0 Å². The Morgan fingerprint density at radius 3 is 2.77 bits per heavy atom. The van der Waals surface area contributed by atoms with Gasteiger partial charge >= 0.3 is 6.03 Å². The standard InChI is InChI=1S/C13H15N3O4S2/c1-2-5-16-12(17)10-9-14(6-7-15(10)13(16)18)22(19,20)11-4-3-8-21-11/h2-4,8,10H,1,5-7,9H2. The fourth-order valence-corrected chi connectivity index (χ4v) is 5.26. The van der Waals surface area contributed by atoms with Crippen molar-refractivity contribution >= 4 is 33.3 Å². The number of sulfonamides is 1. The van der Waals surface area contributed by atoms with Crippen molar-refractivity contribution in [3.63, 3.8) is 0 Å². The van der Waals surface area contributed by atoms with Crippen LogP contribution in [0.25, 0.3) is 0 Å². The lowest BCUT2D eigenvalue weighted by molar-refractivity contribution is -0.128. The van der Waals surface area contributed by atoms with E-state index in [2.05, 4.69) is 6.58 Å². The second kappa shape index (κ2) is 5.49. The highest BCUT2D eigenvalue weighted by atomic mass is 32.2. The number of rotatable bonds is 4. The van der Waals surface area contributed by atoms with E-state index in [0.29, 0.717) is 0 Å². The van der Waals surface area contributed by atoms with Crippen molar-refractivity contribution in [3.8, 4) is 0 Å². The largest absolute Gasteiger partial charge is 0.327 e. The van der Waals surface area contributed by atoms with E-state index in [0.717, 1.165) is 16.2 Å². The molecule has 3 heterocycles.